The molecule has 0 radical (unpaired) electrons. The zero-order valence-electron chi connectivity index (χ0n) is 16.0. The summed E-state index contributed by atoms with van der Waals surface area (Å²) in [6.45, 7) is 5.62. The number of ether oxygens (including phenoxy) is 1. The number of hydrogen-bond acceptors (Lipinski definition) is 4. The second kappa shape index (κ2) is 11.8. The summed E-state index contributed by atoms with van der Waals surface area (Å²) in [6, 6.07) is 7.18. The molecule has 0 atom stereocenters. The monoisotopic (exact) mass is 395 g/mol. The second-order valence-electron chi connectivity index (χ2n) is 6.85. The molecule has 1 aliphatic heterocycles. The number of benzene rings is 1. The van der Waals surface area contributed by atoms with Crippen LogP contribution in [0.5, 0.6) is 5.75 Å². The van der Waals surface area contributed by atoms with Crippen molar-refractivity contribution < 1.29 is 14.3 Å². The topological polar surface area (TPSA) is 70.7 Å². The smallest absolute Gasteiger partial charge is 0.234 e. The van der Waals surface area contributed by atoms with E-state index in [0.29, 0.717) is 30.5 Å². The minimum atomic E-state index is -0.0180. The summed E-state index contributed by atoms with van der Waals surface area (Å²) in [7, 11) is 0. The van der Waals surface area contributed by atoms with Gasteiger partial charge in [0, 0.05) is 17.5 Å². The van der Waals surface area contributed by atoms with Crippen LogP contribution in [0.15, 0.2) is 24.3 Å². The summed E-state index contributed by atoms with van der Waals surface area (Å²) in [6.07, 6.45) is 3.72. The van der Waals surface area contributed by atoms with Gasteiger partial charge in [-0.15, -0.1) is 0 Å². The fraction of sp³-hybridized carbons (Fsp3) is 0.600. The van der Waals surface area contributed by atoms with Crippen molar-refractivity contribution >= 4 is 23.4 Å². The maximum atomic E-state index is 12.1. The first-order valence-corrected chi connectivity index (χ1v) is 10.1. The van der Waals surface area contributed by atoms with E-state index in [2.05, 4.69) is 22.5 Å². The molecule has 0 bridgehead atoms. The zero-order chi connectivity index (χ0) is 19.5. The van der Waals surface area contributed by atoms with Crippen LogP contribution in [-0.4, -0.2) is 56.0 Å². The Bertz CT molecular complexity index is 604. The van der Waals surface area contributed by atoms with Crippen molar-refractivity contribution in [2.24, 2.45) is 5.92 Å². The molecule has 150 valence electrons. The van der Waals surface area contributed by atoms with Crippen molar-refractivity contribution in [3.63, 3.8) is 0 Å². The summed E-state index contributed by atoms with van der Waals surface area (Å²) >= 11 is 5.90. The Morgan fingerprint density at radius 2 is 2.00 bits per heavy atom. The van der Waals surface area contributed by atoms with Crippen LogP contribution in [0, 0.1) is 5.92 Å². The van der Waals surface area contributed by atoms with Crippen LogP contribution >= 0.6 is 11.6 Å². The van der Waals surface area contributed by atoms with E-state index >= 15 is 0 Å². The van der Waals surface area contributed by atoms with Crippen LogP contribution in [0.4, 0.5) is 0 Å². The molecule has 1 aromatic carbocycles. The van der Waals surface area contributed by atoms with Crippen molar-refractivity contribution in [1.82, 2.24) is 15.5 Å². The highest BCUT2D eigenvalue weighted by atomic mass is 35.5. The number of nitrogens with zero attached hydrogens (tertiary/aromatic N) is 1. The molecule has 0 aliphatic carbocycles. The van der Waals surface area contributed by atoms with E-state index < -0.39 is 0 Å². The molecular formula is C20H30ClN3O3. The standard InChI is InChI=1S/C20H30ClN3O3/c1-2-3-9-23-20(26)16-7-11-24(12-8-16)15-19(25)22-10-13-27-18-6-4-5-17(21)14-18/h4-6,14,16H,2-3,7-13,15H2,1H3,(H,22,25)(H,23,26). The van der Waals surface area contributed by atoms with Gasteiger partial charge in [0.2, 0.25) is 11.8 Å². The number of likely N-dealkylation sites (tertiary alicyclic amines) is 1. The van der Waals surface area contributed by atoms with Crippen LogP contribution in [0.3, 0.4) is 0 Å². The molecule has 0 spiro atoms. The summed E-state index contributed by atoms with van der Waals surface area (Å²) in [4.78, 5) is 26.2. The first-order valence-electron chi connectivity index (χ1n) is 9.73. The first kappa shape index (κ1) is 21.5. The average molecular weight is 396 g/mol. The number of unbranched alkanes of at least 4 members (excludes halogenated alkanes) is 1. The molecule has 1 aromatic rings. The number of carbonyl (C=O) groups excluding carboxylic acids is 2. The van der Waals surface area contributed by atoms with Crippen LogP contribution in [0.1, 0.15) is 32.6 Å². The van der Waals surface area contributed by atoms with Gasteiger partial charge in [0.05, 0.1) is 13.1 Å². The van der Waals surface area contributed by atoms with Crippen LogP contribution in [0.25, 0.3) is 0 Å². The molecular weight excluding hydrogens is 366 g/mol. The fourth-order valence-electron chi connectivity index (χ4n) is 3.06. The van der Waals surface area contributed by atoms with E-state index in [0.717, 1.165) is 45.3 Å². The Hall–Kier alpha value is -1.79. The number of piperidine rings is 1. The van der Waals surface area contributed by atoms with Crippen molar-refractivity contribution in [2.45, 2.75) is 32.6 Å². The van der Waals surface area contributed by atoms with Gasteiger partial charge in [-0.25, -0.2) is 0 Å². The highest BCUT2D eigenvalue weighted by Crippen LogP contribution is 2.17. The third-order valence-corrected chi connectivity index (χ3v) is 4.88. The largest absolute Gasteiger partial charge is 0.492 e. The van der Waals surface area contributed by atoms with E-state index in [1.165, 1.54) is 0 Å². The molecule has 1 heterocycles. The zero-order valence-corrected chi connectivity index (χ0v) is 16.8. The highest BCUT2D eigenvalue weighted by Gasteiger charge is 2.25. The quantitative estimate of drug-likeness (QED) is 0.597. The average Bonchev–Trinajstić information content (AvgIpc) is 2.66. The van der Waals surface area contributed by atoms with Crippen LogP contribution in [0.2, 0.25) is 5.02 Å². The van der Waals surface area contributed by atoms with Gasteiger partial charge in [-0.3, -0.25) is 14.5 Å². The number of halogens is 1. The van der Waals surface area contributed by atoms with E-state index in [-0.39, 0.29) is 17.7 Å². The van der Waals surface area contributed by atoms with Gasteiger partial charge >= 0.3 is 0 Å². The lowest BCUT2D eigenvalue weighted by Crippen LogP contribution is -2.45. The lowest BCUT2D eigenvalue weighted by atomic mass is 9.96. The number of rotatable bonds is 10. The predicted molar refractivity (Wildman–Crippen MR) is 107 cm³/mol. The Balaban J connectivity index is 1.57. The maximum Gasteiger partial charge on any atom is 0.234 e. The summed E-state index contributed by atoms with van der Waals surface area (Å²) in [5, 5.41) is 6.49. The molecule has 1 aliphatic rings. The van der Waals surface area contributed by atoms with Gasteiger partial charge in [0.25, 0.3) is 0 Å². The molecule has 2 amide bonds. The van der Waals surface area contributed by atoms with Crippen molar-refractivity contribution in [1.29, 1.82) is 0 Å². The van der Waals surface area contributed by atoms with Crippen molar-refractivity contribution in [3.05, 3.63) is 29.3 Å². The van der Waals surface area contributed by atoms with Gasteiger partial charge in [-0.1, -0.05) is 31.0 Å². The van der Waals surface area contributed by atoms with Crippen LogP contribution in [-0.2, 0) is 9.59 Å². The van der Waals surface area contributed by atoms with Gasteiger partial charge in [0.1, 0.15) is 12.4 Å². The molecule has 7 heteroatoms. The van der Waals surface area contributed by atoms with E-state index in [1.807, 2.05) is 12.1 Å². The molecule has 2 N–H and O–H groups in total. The molecule has 6 nitrogen and oxygen atoms in total. The minimum Gasteiger partial charge on any atom is -0.492 e. The number of amides is 2. The van der Waals surface area contributed by atoms with Crippen LogP contribution < -0.4 is 15.4 Å². The third-order valence-electron chi connectivity index (χ3n) is 4.64. The van der Waals surface area contributed by atoms with Crippen molar-refractivity contribution in [2.75, 3.05) is 39.3 Å². The SMILES string of the molecule is CCCCNC(=O)C1CCN(CC(=O)NCCOc2cccc(Cl)c2)CC1. The van der Waals surface area contributed by atoms with E-state index in [1.54, 1.807) is 12.1 Å². The minimum absolute atomic E-state index is 0.0180. The van der Waals surface area contributed by atoms with Crippen molar-refractivity contribution in [3.8, 4) is 5.75 Å². The summed E-state index contributed by atoms with van der Waals surface area (Å²) in [5.74, 6) is 0.907. The normalized spacial score (nSPS) is 15.3. The second-order valence-corrected chi connectivity index (χ2v) is 7.29. The lowest BCUT2D eigenvalue weighted by Gasteiger charge is -2.30. The van der Waals surface area contributed by atoms with Gasteiger partial charge < -0.3 is 15.4 Å². The molecule has 1 saturated heterocycles. The van der Waals surface area contributed by atoms with Gasteiger partial charge in [0.15, 0.2) is 0 Å². The number of hydrogen-bond donors (Lipinski definition) is 2. The Kier molecular flexibility index (Phi) is 9.42. The van der Waals surface area contributed by atoms with E-state index in [4.69, 9.17) is 16.3 Å². The Morgan fingerprint density at radius 1 is 1.22 bits per heavy atom. The summed E-state index contributed by atoms with van der Waals surface area (Å²) < 4.78 is 5.55. The molecule has 2 rings (SSSR count). The Morgan fingerprint density at radius 3 is 2.70 bits per heavy atom. The Labute approximate surface area is 166 Å². The predicted octanol–water partition coefficient (Wildman–Crippen LogP) is 2.46. The van der Waals surface area contributed by atoms with Gasteiger partial charge in [-0.2, -0.15) is 0 Å². The lowest BCUT2D eigenvalue weighted by molar-refractivity contribution is -0.126. The number of nitrogens with one attached hydrogen (secondary N) is 2. The molecule has 27 heavy (non-hydrogen) atoms. The van der Waals surface area contributed by atoms with E-state index in [9.17, 15) is 9.59 Å². The molecule has 0 unspecified atom stereocenters. The summed E-state index contributed by atoms with van der Waals surface area (Å²) in [5.41, 5.74) is 0. The van der Waals surface area contributed by atoms with Gasteiger partial charge in [-0.05, 0) is 50.6 Å². The third kappa shape index (κ3) is 8.18. The molecule has 0 aromatic heterocycles. The molecule has 1 fully saturated rings. The molecule has 0 saturated carbocycles. The fourth-order valence-corrected chi connectivity index (χ4v) is 3.24. The first-order chi connectivity index (χ1) is 13.1. The number of carbonyl (C=O) groups is 2. The maximum absolute atomic E-state index is 12.1. The highest BCUT2D eigenvalue weighted by molar-refractivity contribution is 6.30.